The highest BCUT2D eigenvalue weighted by molar-refractivity contribution is 5.66. The molecule has 0 saturated heterocycles. The number of hydrogen-bond donors (Lipinski definition) is 2. The molecule has 0 heterocycles. The fraction of sp³-hybridized carbons (Fsp3) is 0.909. The van der Waals surface area contributed by atoms with E-state index in [4.69, 9.17) is 4.74 Å². The van der Waals surface area contributed by atoms with Crippen LogP contribution in [0.5, 0.6) is 0 Å². The van der Waals surface area contributed by atoms with Crippen molar-refractivity contribution in [2.45, 2.75) is 118 Å². The first-order valence-electron chi connectivity index (χ1n) is 15.4. The van der Waals surface area contributed by atoms with E-state index in [-0.39, 0.29) is 17.6 Å². The molecule has 37 heavy (non-hydrogen) atoms. The lowest BCUT2D eigenvalue weighted by Gasteiger charge is -2.73. The summed E-state index contributed by atoms with van der Waals surface area (Å²) in [5, 5.41) is 14.0. The highest BCUT2D eigenvalue weighted by Gasteiger charge is 2.70. The molecule has 5 aliphatic carbocycles. The number of allylic oxidation sites excluding steroid dienone is 1. The van der Waals surface area contributed by atoms with Crippen LogP contribution < -0.4 is 5.32 Å². The van der Waals surface area contributed by atoms with Gasteiger partial charge in [-0.05, 0) is 134 Å². The number of nitrogens with one attached hydrogen (secondary N) is 1. The lowest BCUT2D eigenvalue weighted by molar-refractivity contribution is -0.247. The summed E-state index contributed by atoms with van der Waals surface area (Å²) in [4.78, 5) is 11.8. The summed E-state index contributed by atoms with van der Waals surface area (Å²) in [6.07, 6.45) is 13.1. The van der Waals surface area contributed by atoms with Gasteiger partial charge in [-0.3, -0.25) is 0 Å². The van der Waals surface area contributed by atoms with Crippen LogP contribution in [0.15, 0.2) is 12.2 Å². The number of alkyl carbamates (subject to hydrolysis) is 1. The molecule has 5 aliphatic rings. The van der Waals surface area contributed by atoms with Crippen molar-refractivity contribution in [2.75, 3.05) is 13.7 Å². The third kappa shape index (κ3) is 3.73. The van der Waals surface area contributed by atoms with Gasteiger partial charge in [0.05, 0.1) is 13.2 Å². The summed E-state index contributed by atoms with van der Waals surface area (Å²) in [5.41, 5.74) is 2.71. The Labute approximate surface area is 226 Å². The molecule has 4 nitrogen and oxygen atoms in total. The normalized spacial score (nSPS) is 50.2. The van der Waals surface area contributed by atoms with E-state index in [1.165, 1.54) is 70.5 Å². The van der Waals surface area contributed by atoms with Crippen LogP contribution in [-0.2, 0) is 4.74 Å². The summed E-state index contributed by atoms with van der Waals surface area (Å²) >= 11 is 0. The van der Waals surface area contributed by atoms with Crippen LogP contribution in [0.2, 0.25) is 0 Å². The molecule has 0 aliphatic heterocycles. The maximum absolute atomic E-state index is 11.8. The number of rotatable bonds is 4. The SMILES string of the molecule is C=C(C)[C@@H]1CC[C@]2(CCNC(=O)OC)CC[C@]3(C)[C@H](CC[C@@H]4[C@@]5(C)CC[C@H](O)C(C)(C)[C@@H]5CC[C@]43C)[C@@H]12. The minimum Gasteiger partial charge on any atom is -0.453 e. The minimum absolute atomic E-state index is 0.0109. The quantitative estimate of drug-likeness (QED) is 0.378. The van der Waals surface area contributed by atoms with Crippen LogP contribution in [0.4, 0.5) is 4.79 Å². The van der Waals surface area contributed by atoms with Gasteiger partial charge in [-0.1, -0.05) is 46.8 Å². The van der Waals surface area contributed by atoms with Gasteiger partial charge in [0, 0.05) is 6.54 Å². The molecule has 0 aromatic heterocycles. The van der Waals surface area contributed by atoms with Gasteiger partial charge >= 0.3 is 6.09 Å². The summed E-state index contributed by atoms with van der Waals surface area (Å²) in [7, 11) is 1.46. The van der Waals surface area contributed by atoms with Gasteiger partial charge < -0.3 is 15.2 Å². The van der Waals surface area contributed by atoms with Crippen LogP contribution in [0.3, 0.4) is 0 Å². The minimum atomic E-state index is -0.304. The third-order valence-electron chi connectivity index (χ3n) is 14.3. The van der Waals surface area contributed by atoms with Crippen molar-refractivity contribution in [3.63, 3.8) is 0 Å². The number of hydrogen-bond acceptors (Lipinski definition) is 3. The Balaban J connectivity index is 1.48. The molecule has 0 spiro atoms. The first-order valence-corrected chi connectivity index (χ1v) is 15.4. The van der Waals surface area contributed by atoms with Gasteiger partial charge in [0.1, 0.15) is 0 Å². The number of carbonyl (C=O) groups is 1. The maximum Gasteiger partial charge on any atom is 0.406 e. The summed E-state index contributed by atoms with van der Waals surface area (Å²) in [6, 6.07) is 0. The fourth-order valence-corrected chi connectivity index (χ4v) is 12.2. The second-order valence-corrected chi connectivity index (χ2v) is 15.6. The molecule has 210 valence electrons. The standard InChI is InChI=1S/C33H55NO3/c1-21(2)22-11-16-33(19-20-34-28(36)37-8)18-17-31(6)23(27(22)33)9-10-25-30(5)14-13-26(35)29(3,4)24(30)12-15-32(25,31)7/h22-27,35H,1,9-20H2,2-8H3,(H,34,36)/t22-,23+,24-,25+,26-,27+,30-,31+,32+,33+/m0/s1. The zero-order chi connectivity index (χ0) is 27.0. The summed E-state index contributed by atoms with van der Waals surface area (Å²) < 4.78 is 4.88. The van der Waals surface area contributed by atoms with E-state index < -0.39 is 0 Å². The number of fused-ring (bicyclic) bond motifs is 7. The van der Waals surface area contributed by atoms with Crippen molar-refractivity contribution < 1.29 is 14.6 Å². The van der Waals surface area contributed by atoms with E-state index in [0.29, 0.717) is 46.0 Å². The van der Waals surface area contributed by atoms with Gasteiger partial charge in [-0.2, -0.15) is 0 Å². The number of ether oxygens (including phenoxy) is 1. The molecule has 0 unspecified atom stereocenters. The zero-order valence-corrected chi connectivity index (χ0v) is 24.9. The van der Waals surface area contributed by atoms with Crippen molar-refractivity contribution in [1.29, 1.82) is 0 Å². The smallest absolute Gasteiger partial charge is 0.406 e. The van der Waals surface area contributed by atoms with Gasteiger partial charge in [-0.25, -0.2) is 4.79 Å². The van der Waals surface area contributed by atoms with Crippen molar-refractivity contribution in [1.82, 2.24) is 5.32 Å². The Morgan fingerprint density at radius 3 is 2.32 bits per heavy atom. The van der Waals surface area contributed by atoms with Crippen LogP contribution in [0, 0.1) is 56.7 Å². The van der Waals surface area contributed by atoms with Crippen LogP contribution >= 0.6 is 0 Å². The first kappa shape index (κ1) is 27.5. The molecular weight excluding hydrogens is 458 g/mol. The van der Waals surface area contributed by atoms with E-state index in [1.807, 2.05) is 0 Å². The fourth-order valence-electron chi connectivity index (χ4n) is 12.2. The first-order chi connectivity index (χ1) is 17.3. The predicted octanol–water partition coefficient (Wildman–Crippen LogP) is 7.75. The highest BCUT2D eigenvalue weighted by Crippen LogP contribution is 2.77. The van der Waals surface area contributed by atoms with Crippen molar-refractivity contribution in [3.8, 4) is 0 Å². The van der Waals surface area contributed by atoms with E-state index >= 15 is 0 Å². The average Bonchev–Trinajstić information content (AvgIpc) is 3.22. The molecule has 5 fully saturated rings. The van der Waals surface area contributed by atoms with Crippen molar-refractivity contribution in [2.24, 2.45) is 56.7 Å². The van der Waals surface area contributed by atoms with E-state index in [0.717, 1.165) is 24.7 Å². The molecule has 4 heteroatoms. The van der Waals surface area contributed by atoms with Crippen LogP contribution in [0.25, 0.3) is 0 Å². The summed E-state index contributed by atoms with van der Waals surface area (Å²) in [5.74, 6) is 3.37. The van der Waals surface area contributed by atoms with E-state index in [2.05, 4.69) is 53.4 Å². The third-order valence-corrected chi connectivity index (χ3v) is 14.3. The van der Waals surface area contributed by atoms with Gasteiger partial charge in [0.15, 0.2) is 0 Å². The van der Waals surface area contributed by atoms with Gasteiger partial charge in [0.2, 0.25) is 0 Å². The molecule has 0 aromatic rings. The Kier molecular flexibility index (Phi) is 6.70. The maximum atomic E-state index is 11.8. The van der Waals surface area contributed by atoms with Crippen LogP contribution in [0.1, 0.15) is 112 Å². The number of methoxy groups -OCH3 is 1. The number of aliphatic hydroxyl groups is 1. The molecule has 0 aromatic carbocycles. The van der Waals surface area contributed by atoms with Crippen molar-refractivity contribution in [3.05, 3.63) is 12.2 Å². The summed E-state index contributed by atoms with van der Waals surface area (Å²) in [6.45, 7) is 20.2. The molecule has 0 radical (unpaired) electrons. The predicted molar refractivity (Wildman–Crippen MR) is 150 cm³/mol. The lowest BCUT2D eigenvalue weighted by Crippen LogP contribution is -2.66. The molecule has 2 N–H and O–H groups in total. The van der Waals surface area contributed by atoms with E-state index in [1.54, 1.807) is 0 Å². The Hall–Kier alpha value is -1.03. The Bertz CT molecular complexity index is 929. The second kappa shape index (κ2) is 9.00. The Morgan fingerprint density at radius 2 is 1.65 bits per heavy atom. The molecule has 5 saturated carbocycles. The zero-order valence-electron chi connectivity index (χ0n) is 24.9. The van der Waals surface area contributed by atoms with E-state index in [9.17, 15) is 9.90 Å². The molecule has 5 rings (SSSR count). The second-order valence-electron chi connectivity index (χ2n) is 15.6. The monoisotopic (exact) mass is 513 g/mol. The highest BCUT2D eigenvalue weighted by atomic mass is 16.5. The average molecular weight is 514 g/mol. The molecule has 1 amide bonds. The van der Waals surface area contributed by atoms with Crippen molar-refractivity contribution >= 4 is 6.09 Å². The van der Waals surface area contributed by atoms with Gasteiger partial charge in [-0.15, -0.1) is 0 Å². The van der Waals surface area contributed by atoms with Gasteiger partial charge in [0.25, 0.3) is 0 Å². The number of amides is 1. The molecule has 10 atom stereocenters. The topological polar surface area (TPSA) is 58.6 Å². The molecular formula is C33H55NO3. The number of carbonyl (C=O) groups excluding carboxylic acids is 1. The van der Waals surface area contributed by atoms with Crippen LogP contribution in [-0.4, -0.2) is 31.0 Å². The number of aliphatic hydroxyl groups excluding tert-OH is 1. The largest absolute Gasteiger partial charge is 0.453 e. The lowest BCUT2D eigenvalue weighted by atomic mass is 9.32. The Morgan fingerprint density at radius 1 is 0.919 bits per heavy atom. The molecule has 0 bridgehead atoms.